The van der Waals surface area contributed by atoms with Gasteiger partial charge in [-0.1, -0.05) is 18.2 Å². The minimum absolute atomic E-state index is 0.160. The summed E-state index contributed by atoms with van der Waals surface area (Å²) in [5.41, 5.74) is 4.54. The van der Waals surface area contributed by atoms with Crippen LogP contribution in [0.5, 0.6) is 0 Å². The molecule has 1 atom stereocenters. The second-order valence-corrected chi connectivity index (χ2v) is 7.72. The number of aryl methyl sites for hydroxylation is 2. The Kier molecular flexibility index (Phi) is 6.96. The fraction of sp³-hybridized carbons (Fsp3) is 0.320. The van der Waals surface area contributed by atoms with Gasteiger partial charge in [-0.15, -0.1) is 0 Å². The molecule has 0 spiro atoms. The number of esters is 1. The monoisotopic (exact) mass is 433 g/mol. The number of hydrogen-bond acceptors (Lipinski definition) is 5. The predicted molar refractivity (Wildman–Crippen MR) is 122 cm³/mol. The zero-order valence-corrected chi connectivity index (χ0v) is 19.0. The Morgan fingerprint density at radius 1 is 1.25 bits per heavy atom. The number of nitrogens with zero attached hydrogens (tertiary/aromatic N) is 2. The predicted octanol–water partition coefficient (Wildman–Crippen LogP) is 4.26. The molecule has 32 heavy (non-hydrogen) atoms. The minimum Gasteiger partial charge on any atom is -0.450 e. The maximum absolute atomic E-state index is 13.0. The minimum atomic E-state index is -1.04. The van der Waals surface area contributed by atoms with Crippen molar-refractivity contribution in [3.8, 4) is 6.07 Å². The molecule has 7 nitrogen and oxygen atoms in total. The van der Waals surface area contributed by atoms with Crippen molar-refractivity contribution in [3.63, 3.8) is 0 Å². The third kappa shape index (κ3) is 4.51. The Labute approximate surface area is 187 Å². The third-order valence-electron chi connectivity index (χ3n) is 5.57. The summed E-state index contributed by atoms with van der Waals surface area (Å²) >= 11 is 0. The Hall–Kier alpha value is -3.63. The molecule has 0 aliphatic carbocycles. The van der Waals surface area contributed by atoms with Crippen molar-refractivity contribution in [3.05, 3.63) is 64.1 Å². The van der Waals surface area contributed by atoms with Crippen LogP contribution in [-0.4, -0.2) is 41.1 Å². The number of methoxy groups -OCH3 is 1. The Morgan fingerprint density at radius 2 is 1.97 bits per heavy atom. The molecular formula is C25H27N3O4. The van der Waals surface area contributed by atoms with Crippen LogP contribution in [-0.2, 0) is 20.8 Å². The van der Waals surface area contributed by atoms with E-state index < -0.39 is 12.1 Å². The summed E-state index contributed by atoms with van der Waals surface area (Å²) in [6.07, 6.45) is 0.466. The molecule has 1 unspecified atom stereocenters. The summed E-state index contributed by atoms with van der Waals surface area (Å²) < 4.78 is 12.6. The van der Waals surface area contributed by atoms with Crippen LogP contribution >= 0.6 is 0 Å². The standard InChI is InChI=1S/C25H27N3O4/c1-15-12-19(17(3)28(15)10-11-31-5)13-20(14-26)25(30)32-18(4)24(29)23-16(2)27-22-9-7-6-8-21(22)23/h6-9,12-13,18,27H,10-11H2,1-5H3/b20-13+. The first-order valence-electron chi connectivity index (χ1n) is 10.4. The van der Waals surface area contributed by atoms with Gasteiger partial charge in [0, 0.05) is 47.2 Å². The SMILES string of the molecule is COCCn1c(C)cc(/C=C(\C#N)C(=O)OC(C)C(=O)c2c(C)[nH]c3ccccc23)c1C. The van der Waals surface area contributed by atoms with Crippen LogP contribution in [0.2, 0.25) is 0 Å². The van der Waals surface area contributed by atoms with Crippen molar-refractivity contribution in [2.45, 2.75) is 40.3 Å². The summed E-state index contributed by atoms with van der Waals surface area (Å²) in [5, 5.41) is 10.3. The van der Waals surface area contributed by atoms with Crippen molar-refractivity contribution in [2.75, 3.05) is 13.7 Å². The van der Waals surface area contributed by atoms with E-state index in [0.29, 0.717) is 24.4 Å². The van der Waals surface area contributed by atoms with Gasteiger partial charge in [-0.3, -0.25) is 4.79 Å². The normalized spacial score (nSPS) is 12.6. The second kappa shape index (κ2) is 9.67. The van der Waals surface area contributed by atoms with Crippen molar-refractivity contribution in [1.29, 1.82) is 5.26 Å². The van der Waals surface area contributed by atoms with Gasteiger partial charge in [0.25, 0.3) is 0 Å². The highest BCUT2D eigenvalue weighted by Gasteiger charge is 2.26. The van der Waals surface area contributed by atoms with E-state index in [1.165, 1.54) is 13.0 Å². The van der Waals surface area contributed by atoms with Crippen molar-refractivity contribution >= 4 is 28.7 Å². The number of fused-ring (bicyclic) bond motifs is 1. The van der Waals surface area contributed by atoms with Gasteiger partial charge in [-0.25, -0.2) is 4.79 Å². The molecule has 7 heteroatoms. The van der Waals surface area contributed by atoms with Crippen LogP contribution in [0.3, 0.4) is 0 Å². The first-order chi connectivity index (χ1) is 15.3. The summed E-state index contributed by atoms with van der Waals surface area (Å²) in [7, 11) is 1.64. The third-order valence-corrected chi connectivity index (χ3v) is 5.57. The molecule has 0 aliphatic heterocycles. The number of para-hydroxylation sites is 1. The summed E-state index contributed by atoms with van der Waals surface area (Å²) in [6.45, 7) is 8.42. The number of carbonyl (C=O) groups excluding carboxylic acids is 2. The quantitative estimate of drug-likeness (QED) is 0.248. The summed E-state index contributed by atoms with van der Waals surface area (Å²) in [6, 6.07) is 11.3. The molecule has 1 N–H and O–H groups in total. The Balaban J connectivity index is 1.81. The number of Topliss-reactive ketones (excluding diaryl/α,β-unsaturated/α-hetero) is 1. The lowest BCUT2D eigenvalue weighted by Crippen LogP contribution is -2.25. The van der Waals surface area contributed by atoms with Crippen molar-refractivity contribution in [1.82, 2.24) is 9.55 Å². The first kappa shape index (κ1) is 23.0. The maximum atomic E-state index is 13.0. The topological polar surface area (TPSA) is 97.1 Å². The molecule has 0 bridgehead atoms. The highest BCUT2D eigenvalue weighted by atomic mass is 16.5. The zero-order valence-electron chi connectivity index (χ0n) is 19.0. The molecule has 0 aliphatic rings. The fourth-order valence-corrected chi connectivity index (χ4v) is 3.87. The first-order valence-corrected chi connectivity index (χ1v) is 10.4. The van der Waals surface area contributed by atoms with Gasteiger partial charge in [0.1, 0.15) is 11.6 Å². The molecule has 0 amide bonds. The average Bonchev–Trinajstić information content (AvgIpc) is 3.24. The van der Waals surface area contributed by atoms with Gasteiger partial charge in [0.2, 0.25) is 5.78 Å². The van der Waals surface area contributed by atoms with E-state index in [1.54, 1.807) is 7.11 Å². The lowest BCUT2D eigenvalue weighted by Gasteiger charge is -2.12. The number of rotatable bonds is 8. The van der Waals surface area contributed by atoms with Crippen LogP contribution in [0, 0.1) is 32.1 Å². The van der Waals surface area contributed by atoms with E-state index >= 15 is 0 Å². The molecule has 0 saturated carbocycles. The van der Waals surface area contributed by atoms with Crippen LogP contribution in [0.4, 0.5) is 0 Å². The Bertz CT molecular complexity index is 1240. The number of aromatic nitrogens is 2. The van der Waals surface area contributed by atoms with Gasteiger partial charge in [0.15, 0.2) is 6.10 Å². The molecule has 1 aromatic carbocycles. The number of carbonyl (C=O) groups is 2. The fourth-order valence-electron chi connectivity index (χ4n) is 3.87. The van der Waals surface area contributed by atoms with Crippen LogP contribution in [0.1, 0.15) is 39.9 Å². The maximum Gasteiger partial charge on any atom is 0.349 e. The van der Waals surface area contributed by atoms with E-state index in [0.717, 1.165) is 27.9 Å². The van der Waals surface area contributed by atoms with Crippen LogP contribution in [0.15, 0.2) is 35.9 Å². The second-order valence-electron chi connectivity index (χ2n) is 7.72. The van der Waals surface area contributed by atoms with E-state index in [1.807, 2.05) is 57.2 Å². The number of aromatic amines is 1. The average molecular weight is 434 g/mol. The van der Waals surface area contributed by atoms with Crippen molar-refractivity contribution < 1.29 is 19.1 Å². The number of ketones is 1. The van der Waals surface area contributed by atoms with Gasteiger partial charge in [0.05, 0.1) is 6.61 Å². The molecule has 2 aromatic heterocycles. The van der Waals surface area contributed by atoms with Crippen LogP contribution < -0.4 is 0 Å². The molecular weight excluding hydrogens is 406 g/mol. The van der Waals surface area contributed by atoms with E-state index in [-0.39, 0.29) is 11.4 Å². The highest BCUT2D eigenvalue weighted by Crippen LogP contribution is 2.24. The van der Waals surface area contributed by atoms with E-state index in [2.05, 4.69) is 9.55 Å². The highest BCUT2D eigenvalue weighted by molar-refractivity contribution is 6.12. The number of nitriles is 1. The molecule has 0 fully saturated rings. The van der Waals surface area contributed by atoms with Gasteiger partial charge >= 0.3 is 5.97 Å². The number of ether oxygens (including phenoxy) is 2. The summed E-state index contributed by atoms with van der Waals surface area (Å²) in [5.74, 6) is -1.14. The van der Waals surface area contributed by atoms with Gasteiger partial charge in [-0.05, 0) is 51.5 Å². The van der Waals surface area contributed by atoms with Crippen molar-refractivity contribution in [2.24, 2.45) is 0 Å². The van der Waals surface area contributed by atoms with Crippen LogP contribution in [0.25, 0.3) is 17.0 Å². The van der Waals surface area contributed by atoms with Gasteiger partial charge in [-0.2, -0.15) is 5.26 Å². The zero-order chi connectivity index (χ0) is 23.4. The number of benzene rings is 1. The smallest absolute Gasteiger partial charge is 0.349 e. The largest absolute Gasteiger partial charge is 0.450 e. The van der Waals surface area contributed by atoms with Gasteiger partial charge < -0.3 is 19.0 Å². The molecule has 0 radical (unpaired) electrons. The Morgan fingerprint density at radius 3 is 2.66 bits per heavy atom. The molecule has 3 rings (SSSR count). The number of hydrogen-bond donors (Lipinski definition) is 1. The van der Waals surface area contributed by atoms with E-state index in [4.69, 9.17) is 9.47 Å². The lowest BCUT2D eigenvalue weighted by molar-refractivity contribution is -0.141. The number of nitrogens with one attached hydrogen (secondary N) is 1. The lowest BCUT2D eigenvalue weighted by atomic mass is 10.0. The molecule has 166 valence electrons. The molecule has 3 aromatic rings. The molecule has 2 heterocycles. The summed E-state index contributed by atoms with van der Waals surface area (Å²) in [4.78, 5) is 28.9. The van der Waals surface area contributed by atoms with E-state index in [9.17, 15) is 14.9 Å². The molecule has 0 saturated heterocycles. The number of H-pyrrole nitrogens is 1.